The van der Waals surface area contributed by atoms with Gasteiger partial charge in [0.15, 0.2) is 0 Å². The van der Waals surface area contributed by atoms with Gasteiger partial charge in [-0.15, -0.1) is 10.2 Å². The molecular formula is C52H32N2O. The Kier molecular flexibility index (Phi) is 6.19. The maximum atomic E-state index is 6.08. The van der Waals surface area contributed by atoms with Gasteiger partial charge >= 0.3 is 0 Å². The van der Waals surface area contributed by atoms with E-state index in [1.165, 1.54) is 72.3 Å². The molecule has 2 atom stereocenters. The lowest BCUT2D eigenvalue weighted by Crippen LogP contribution is -2.43. The highest BCUT2D eigenvalue weighted by molar-refractivity contribution is 5.96. The highest BCUT2D eigenvalue weighted by Gasteiger charge is 2.59. The third-order valence-electron chi connectivity index (χ3n) is 12.4. The van der Waals surface area contributed by atoms with Crippen LogP contribution in [0.5, 0.6) is 0 Å². The van der Waals surface area contributed by atoms with Gasteiger partial charge in [-0.2, -0.15) is 0 Å². The minimum Gasteiger partial charge on any atom is -0.416 e. The van der Waals surface area contributed by atoms with E-state index in [0.717, 1.165) is 16.7 Å². The van der Waals surface area contributed by atoms with Gasteiger partial charge in [-0.05, 0) is 108 Å². The second-order valence-electron chi connectivity index (χ2n) is 14.8. The van der Waals surface area contributed by atoms with E-state index in [2.05, 4.69) is 174 Å². The molecule has 3 aliphatic carbocycles. The number of aromatic nitrogens is 2. The molecule has 0 fully saturated rings. The van der Waals surface area contributed by atoms with Gasteiger partial charge in [-0.3, -0.25) is 0 Å². The number of rotatable bonds is 4. The standard InChI is InChI=1S/C52H32N2O/c1-3-14-34(15-4-1)49-53-54-50(55-49)35-28-26-33(27-29-35)36-30-31-44-41(32-36)39-19-8-10-22-43(39)52(44)46-24-12-11-23-45(46)51(37-16-5-2-6-17-37)42-21-9-7-18-38(42)40-20-13-25-47(52)48(40)51/h1-32H. The van der Waals surface area contributed by atoms with Crippen LogP contribution in [0.4, 0.5) is 0 Å². The van der Waals surface area contributed by atoms with Crippen molar-refractivity contribution < 1.29 is 4.42 Å². The number of nitrogens with zero attached hydrogens (tertiary/aromatic N) is 2. The van der Waals surface area contributed by atoms with Gasteiger partial charge in [-0.25, -0.2) is 0 Å². The van der Waals surface area contributed by atoms with Crippen molar-refractivity contribution in [1.82, 2.24) is 10.2 Å². The topological polar surface area (TPSA) is 38.9 Å². The summed E-state index contributed by atoms with van der Waals surface area (Å²) in [7, 11) is 0. The molecule has 256 valence electrons. The van der Waals surface area contributed by atoms with Crippen LogP contribution in [0.3, 0.4) is 0 Å². The van der Waals surface area contributed by atoms with Crippen LogP contribution in [0.2, 0.25) is 0 Å². The van der Waals surface area contributed by atoms with E-state index in [4.69, 9.17) is 4.42 Å². The molecule has 3 heteroatoms. The lowest BCUT2D eigenvalue weighted by Gasteiger charge is -2.48. The molecule has 3 aliphatic rings. The third-order valence-corrected chi connectivity index (χ3v) is 12.4. The molecule has 0 amide bonds. The van der Waals surface area contributed by atoms with Crippen LogP contribution in [0.1, 0.15) is 44.5 Å². The summed E-state index contributed by atoms with van der Waals surface area (Å²) >= 11 is 0. The van der Waals surface area contributed by atoms with Gasteiger partial charge in [0, 0.05) is 11.1 Å². The Morgan fingerprint density at radius 1 is 0.309 bits per heavy atom. The Morgan fingerprint density at radius 3 is 1.49 bits per heavy atom. The first-order valence-electron chi connectivity index (χ1n) is 18.9. The average Bonchev–Trinajstić information content (AvgIpc) is 3.96. The molecule has 1 heterocycles. The largest absolute Gasteiger partial charge is 0.416 e. The lowest BCUT2D eigenvalue weighted by molar-refractivity contribution is 0.584. The molecule has 9 aromatic rings. The Balaban J connectivity index is 1.06. The lowest BCUT2D eigenvalue weighted by atomic mass is 9.52. The SMILES string of the molecule is c1ccc(-c2nnc(-c3ccc(-c4ccc5c(c4)-c4ccccc4C54c5ccccc5C5(c6ccccc6)c6ccccc6-c6cccc4c65)cc3)o2)cc1. The van der Waals surface area contributed by atoms with Crippen molar-refractivity contribution in [2.24, 2.45) is 0 Å². The Bertz CT molecular complexity index is 2980. The second kappa shape index (κ2) is 11.2. The van der Waals surface area contributed by atoms with E-state index in [0.29, 0.717) is 11.8 Å². The van der Waals surface area contributed by atoms with Crippen molar-refractivity contribution in [1.29, 1.82) is 0 Å². The van der Waals surface area contributed by atoms with Crippen molar-refractivity contribution in [3.8, 4) is 56.3 Å². The van der Waals surface area contributed by atoms with Gasteiger partial charge in [0.05, 0.1) is 10.8 Å². The summed E-state index contributed by atoms with van der Waals surface area (Å²) in [5.74, 6) is 1.03. The maximum absolute atomic E-state index is 6.08. The molecule has 3 nitrogen and oxygen atoms in total. The normalized spacial score (nSPS) is 18.0. The van der Waals surface area contributed by atoms with Crippen LogP contribution in [0.25, 0.3) is 56.3 Å². The summed E-state index contributed by atoms with van der Waals surface area (Å²) in [6, 6.07) is 71.1. The van der Waals surface area contributed by atoms with Crippen LogP contribution >= 0.6 is 0 Å². The molecule has 12 rings (SSSR count). The van der Waals surface area contributed by atoms with Crippen molar-refractivity contribution in [2.75, 3.05) is 0 Å². The molecule has 2 unspecified atom stereocenters. The first-order valence-corrected chi connectivity index (χ1v) is 18.9. The number of fused-ring (bicyclic) bond motifs is 12. The van der Waals surface area contributed by atoms with Gasteiger partial charge in [0.1, 0.15) is 0 Å². The van der Waals surface area contributed by atoms with E-state index in [1.54, 1.807) is 0 Å². The average molecular weight is 701 g/mol. The minimum atomic E-state index is -0.495. The first-order chi connectivity index (χ1) is 27.3. The maximum Gasteiger partial charge on any atom is 0.248 e. The monoisotopic (exact) mass is 700 g/mol. The summed E-state index contributed by atoms with van der Waals surface area (Å²) in [6.45, 7) is 0. The van der Waals surface area contributed by atoms with E-state index in [-0.39, 0.29) is 0 Å². The molecule has 8 aromatic carbocycles. The number of benzene rings is 8. The Labute approximate surface area is 319 Å². The van der Waals surface area contributed by atoms with Crippen molar-refractivity contribution in [3.63, 3.8) is 0 Å². The van der Waals surface area contributed by atoms with Gasteiger partial charge in [0.2, 0.25) is 11.8 Å². The Morgan fingerprint density at radius 2 is 0.782 bits per heavy atom. The quantitative estimate of drug-likeness (QED) is 0.183. The zero-order valence-corrected chi connectivity index (χ0v) is 29.8. The molecular weight excluding hydrogens is 669 g/mol. The van der Waals surface area contributed by atoms with E-state index in [1.807, 2.05) is 30.3 Å². The fraction of sp³-hybridized carbons (Fsp3) is 0.0385. The zero-order chi connectivity index (χ0) is 36.1. The Hall–Kier alpha value is -7.10. The van der Waals surface area contributed by atoms with Crippen LogP contribution in [-0.2, 0) is 10.8 Å². The van der Waals surface area contributed by atoms with Crippen LogP contribution < -0.4 is 0 Å². The molecule has 55 heavy (non-hydrogen) atoms. The van der Waals surface area contributed by atoms with E-state index >= 15 is 0 Å². The fourth-order valence-corrected chi connectivity index (χ4v) is 10.3. The van der Waals surface area contributed by atoms with Gasteiger partial charge in [-0.1, -0.05) is 164 Å². The smallest absolute Gasteiger partial charge is 0.248 e. The van der Waals surface area contributed by atoms with Crippen LogP contribution in [0.15, 0.2) is 199 Å². The summed E-state index contributed by atoms with van der Waals surface area (Å²) in [4.78, 5) is 0. The number of hydrogen-bond donors (Lipinski definition) is 0. The van der Waals surface area contributed by atoms with Gasteiger partial charge in [0.25, 0.3) is 0 Å². The predicted octanol–water partition coefficient (Wildman–Crippen LogP) is 12.1. The van der Waals surface area contributed by atoms with Crippen molar-refractivity contribution in [2.45, 2.75) is 10.8 Å². The highest BCUT2D eigenvalue weighted by atomic mass is 16.4. The summed E-state index contributed by atoms with van der Waals surface area (Å²) < 4.78 is 6.08. The summed E-state index contributed by atoms with van der Waals surface area (Å²) in [6.07, 6.45) is 0. The van der Waals surface area contributed by atoms with Crippen molar-refractivity contribution >= 4 is 0 Å². The van der Waals surface area contributed by atoms with Crippen LogP contribution in [-0.4, -0.2) is 10.2 Å². The molecule has 1 spiro atoms. The zero-order valence-electron chi connectivity index (χ0n) is 29.8. The molecule has 0 aliphatic heterocycles. The summed E-state index contributed by atoms with van der Waals surface area (Å²) in [5.41, 5.74) is 19.1. The molecule has 0 saturated heterocycles. The highest BCUT2D eigenvalue weighted by Crippen LogP contribution is 2.68. The molecule has 1 aromatic heterocycles. The summed E-state index contributed by atoms with van der Waals surface area (Å²) in [5, 5.41) is 8.67. The molecule has 0 saturated carbocycles. The fourth-order valence-electron chi connectivity index (χ4n) is 10.3. The second-order valence-corrected chi connectivity index (χ2v) is 14.8. The first kappa shape index (κ1) is 30.4. The molecule has 0 N–H and O–H groups in total. The number of hydrogen-bond acceptors (Lipinski definition) is 3. The molecule has 0 radical (unpaired) electrons. The van der Waals surface area contributed by atoms with Gasteiger partial charge < -0.3 is 4.42 Å². The van der Waals surface area contributed by atoms with Crippen molar-refractivity contribution in [3.05, 3.63) is 239 Å². The van der Waals surface area contributed by atoms with E-state index < -0.39 is 10.8 Å². The minimum absolute atomic E-state index is 0.439. The van der Waals surface area contributed by atoms with Crippen LogP contribution in [0, 0.1) is 0 Å². The third kappa shape index (κ3) is 3.89. The molecule has 0 bridgehead atoms. The van der Waals surface area contributed by atoms with E-state index in [9.17, 15) is 0 Å². The predicted molar refractivity (Wildman–Crippen MR) is 219 cm³/mol.